The van der Waals surface area contributed by atoms with Crippen LogP contribution >= 0.6 is 0 Å². The zero-order valence-corrected chi connectivity index (χ0v) is 11.6. The molecule has 2 rings (SSSR count). The number of nitrogens with one attached hydrogen (secondary N) is 1. The van der Waals surface area contributed by atoms with E-state index in [0.717, 1.165) is 12.1 Å². The first-order chi connectivity index (χ1) is 10.1. The molecule has 0 radical (unpaired) electrons. The summed E-state index contributed by atoms with van der Waals surface area (Å²) in [5.74, 6) is -1.54. The number of benzene rings is 1. The second-order valence-electron chi connectivity index (χ2n) is 4.36. The van der Waals surface area contributed by atoms with Gasteiger partial charge in [-0.15, -0.1) is 0 Å². The number of hydrogen-bond donors (Lipinski definition) is 2. The summed E-state index contributed by atoms with van der Waals surface area (Å²) in [4.78, 5) is 16.4. The maximum absolute atomic E-state index is 12.6. The molecule has 0 spiro atoms. The summed E-state index contributed by atoms with van der Waals surface area (Å²) in [6.07, 6.45) is -3.94. The molecule has 0 unspecified atom stereocenters. The van der Waals surface area contributed by atoms with Crippen LogP contribution in [0, 0.1) is 0 Å². The molecular weight excluding hydrogens is 325 g/mol. The number of halogens is 3. The summed E-state index contributed by atoms with van der Waals surface area (Å²) in [6, 6.07) is 3.82. The van der Waals surface area contributed by atoms with Crippen LogP contribution in [0.2, 0.25) is 0 Å². The summed E-state index contributed by atoms with van der Waals surface area (Å²) < 4.78 is 61.8. The SMILES string of the molecule is O=c1[nH]c(S(=O)(=O)Cc2cccc(C(F)(F)F)c2)ncc1O. The van der Waals surface area contributed by atoms with Gasteiger partial charge in [0.15, 0.2) is 5.75 Å². The van der Waals surface area contributed by atoms with Crippen LogP contribution in [0.3, 0.4) is 0 Å². The summed E-state index contributed by atoms with van der Waals surface area (Å²) in [7, 11) is -4.16. The van der Waals surface area contributed by atoms with Gasteiger partial charge in [0.05, 0.1) is 17.5 Å². The molecule has 0 amide bonds. The summed E-state index contributed by atoms with van der Waals surface area (Å²) in [5.41, 5.74) is -2.14. The fraction of sp³-hybridized carbons (Fsp3) is 0.167. The van der Waals surface area contributed by atoms with Gasteiger partial charge in [-0.3, -0.25) is 9.78 Å². The first-order valence-corrected chi connectivity index (χ1v) is 7.42. The highest BCUT2D eigenvalue weighted by atomic mass is 32.2. The van der Waals surface area contributed by atoms with Crippen LogP contribution in [-0.4, -0.2) is 23.5 Å². The molecule has 118 valence electrons. The number of rotatable bonds is 3. The lowest BCUT2D eigenvalue weighted by Gasteiger charge is -2.09. The van der Waals surface area contributed by atoms with Gasteiger partial charge >= 0.3 is 6.18 Å². The van der Waals surface area contributed by atoms with Crippen LogP contribution in [-0.2, 0) is 21.8 Å². The molecule has 1 aromatic heterocycles. The van der Waals surface area contributed by atoms with Gasteiger partial charge < -0.3 is 5.11 Å². The Bertz CT molecular complexity index is 859. The van der Waals surface area contributed by atoms with Crippen molar-refractivity contribution in [3.63, 3.8) is 0 Å². The molecule has 0 saturated heterocycles. The Hall–Kier alpha value is -2.36. The summed E-state index contributed by atoms with van der Waals surface area (Å²) in [6.45, 7) is 0. The average Bonchev–Trinajstić information content (AvgIpc) is 2.40. The van der Waals surface area contributed by atoms with Crippen LogP contribution in [0.4, 0.5) is 13.2 Å². The second kappa shape index (κ2) is 5.44. The van der Waals surface area contributed by atoms with E-state index < -0.39 is 43.8 Å². The largest absolute Gasteiger partial charge is 0.502 e. The Morgan fingerprint density at radius 2 is 1.95 bits per heavy atom. The fourth-order valence-corrected chi connectivity index (χ4v) is 2.87. The third-order valence-electron chi connectivity index (χ3n) is 2.66. The monoisotopic (exact) mass is 334 g/mol. The van der Waals surface area contributed by atoms with Crippen LogP contribution in [0.25, 0.3) is 0 Å². The van der Waals surface area contributed by atoms with Gasteiger partial charge in [0.2, 0.25) is 15.0 Å². The van der Waals surface area contributed by atoms with Gasteiger partial charge in [-0.2, -0.15) is 13.2 Å². The van der Waals surface area contributed by atoms with Crippen molar-refractivity contribution in [3.05, 3.63) is 51.9 Å². The van der Waals surface area contributed by atoms with Gasteiger partial charge in [-0.05, 0) is 11.6 Å². The highest BCUT2D eigenvalue weighted by Crippen LogP contribution is 2.30. The molecule has 0 saturated carbocycles. The number of aromatic hydroxyl groups is 1. The lowest BCUT2D eigenvalue weighted by atomic mass is 10.1. The number of H-pyrrole nitrogens is 1. The van der Waals surface area contributed by atoms with Crippen molar-refractivity contribution in [2.75, 3.05) is 0 Å². The Balaban J connectivity index is 2.37. The van der Waals surface area contributed by atoms with Crippen LogP contribution in [0.5, 0.6) is 5.75 Å². The lowest BCUT2D eigenvalue weighted by Crippen LogP contribution is -2.16. The third-order valence-corrected chi connectivity index (χ3v) is 4.17. The molecule has 0 atom stereocenters. The summed E-state index contributed by atoms with van der Waals surface area (Å²) >= 11 is 0. The zero-order valence-electron chi connectivity index (χ0n) is 10.8. The Morgan fingerprint density at radius 3 is 2.55 bits per heavy atom. The minimum Gasteiger partial charge on any atom is -0.502 e. The maximum atomic E-state index is 12.6. The molecule has 1 heterocycles. The molecule has 2 aromatic rings. The predicted octanol–water partition coefficient (Wildman–Crippen LogP) is 1.47. The molecule has 10 heteroatoms. The van der Waals surface area contributed by atoms with E-state index in [9.17, 15) is 26.4 Å². The maximum Gasteiger partial charge on any atom is 0.416 e. The normalized spacial score (nSPS) is 12.3. The van der Waals surface area contributed by atoms with Crippen LogP contribution in [0.1, 0.15) is 11.1 Å². The van der Waals surface area contributed by atoms with E-state index >= 15 is 0 Å². The number of hydrogen-bond acceptors (Lipinski definition) is 5. The predicted molar refractivity (Wildman–Crippen MR) is 68.9 cm³/mol. The van der Waals surface area contributed by atoms with E-state index in [2.05, 4.69) is 4.98 Å². The summed E-state index contributed by atoms with van der Waals surface area (Å²) in [5, 5.41) is 8.27. The third kappa shape index (κ3) is 3.45. The van der Waals surface area contributed by atoms with Crippen molar-refractivity contribution in [2.45, 2.75) is 17.1 Å². The molecule has 0 aliphatic heterocycles. The van der Waals surface area contributed by atoms with E-state index in [1.165, 1.54) is 6.07 Å². The van der Waals surface area contributed by atoms with Gasteiger partial charge in [0, 0.05) is 0 Å². The molecular formula is C12H9F3N2O4S. The van der Waals surface area contributed by atoms with Crippen molar-refractivity contribution in [1.29, 1.82) is 0 Å². The Morgan fingerprint density at radius 1 is 1.27 bits per heavy atom. The van der Waals surface area contributed by atoms with Crippen LogP contribution in [0.15, 0.2) is 40.4 Å². The van der Waals surface area contributed by atoms with Crippen molar-refractivity contribution in [3.8, 4) is 5.75 Å². The van der Waals surface area contributed by atoms with Crippen molar-refractivity contribution < 1.29 is 26.7 Å². The molecule has 0 bridgehead atoms. The first kappa shape index (κ1) is 16.0. The fourth-order valence-electron chi connectivity index (χ4n) is 1.66. The lowest BCUT2D eigenvalue weighted by molar-refractivity contribution is -0.137. The smallest absolute Gasteiger partial charge is 0.416 e. The minimum atomic E-state index is -4.59. The number of nitrogens with zero attached hydrogens (tertiary/aromatic N) is 1. The van der Waals surface area contributed by atoms with Crippen LogP contribution < -0.4 is 5.56 Å². The van der Waals surface area contributed by atoms with Gasteiger partial charge in [-0.25, -0.2) is 13.4 Å². The van der Waals surface area contributed by atoms with E-state index in [4.69, 9.17) is 5.11 Å². The van der Waals surface area contributed by atoms with Gasteiger partial charge in [0.25, 0.3) is 5.56 Å². The molecule has 0 aliphatic carbocycles. The minimum absolute atomic E-state index is 0.106. The highest BCUT2D eigenvalue weighted by Gasteiger charge is 2.31. The van der Waals surface area contributed by atoms with Gasteiger partial charge in [-0.1, -0.05) is 18.2 Å². The first-order valence-electron chi connectivity index (χ1n) is 5.77. The molecule has 0 fully saturated rings. The number of alkyl halides is 3. The average molecular weight is 334 g/mol. The molecule has 1 aromatic carbocycles. The van der Waals surface area contributed by atoms with Gasteiger partial charge in [0.1, 0.15) is 0 Å². The number of aromatic nitrogens is 2. The van der Waals surface area contributed by atoms with E-state index in [0.29, 0.717) is 12.3 Å². The molecule has 22 heavy (non-hydrogen) atoms. The Labute approximate surface area is 122 Å². The van der Waals surface area contributed by atoms with E-state index in [-0.39, 0.29) is 5.56 Å². The number of aromatic amines is 1. The second-order valence-corrected chi connectivity index (χ2v) is 6.26. The molecule has 0 aliphatic rings. The van der Waals surface area contributed by atoms with Crippen molar-refractivity contribution >= 4 is 9.84 Å². The van der Waals surface area contributed by atoms with E-state index in [1.807, 2.05) is 4.98 Å². The zero-order chi connectivity index (χ0) is 16.5. The van der Waals surface area contributed by atoms with Crippen molar-refractivity contribution in [1.82, 2.24) is 9.97 Å². The molecule has 2 N–H and O–H groups in total. The van der Waals surface area contributed by atoms with Crippen molar-refractivity contribution in [2.24, 2.45) is 0 Å². The van der Waals surface area contributed by atoms with E-state index in [1.54, 1.807) is 0 Å². The molecule has 6 nitrogen and oxygen atoms in total. The topological polar surface area (TPSA) is 100 Å². The highest BCUT2D eigenvalue weighted by molar-refractivity contribution is 7.90. The number of sulfone groups is 1. The Kier molecular flexibility index (Phi) is 3.96. The quantitative estimate of drug-likeness (QED) is 0.828. The standard InChI is InChI=1S/C12H9F3N2O4S/c13-12(14,15)8-3-1-2-7(4-8)6-22(20,21)11-16-5-9(18)10(19)17-11/h1-5,18H,6H2,(H,16,17,19).